The summed E-state index contributed by atoms with van der Waals surface area (Å²) in [5.74, 6) is 0. The summed E-state index contributed by atoms with van der Waals surface area (Å²) in [6.07, 6.45) is -2.12. The molecule has 2 aromatic rings. The van der Waals surface area contributed by atoms with E-state index >= 15 is 0 Å². The Balaban J connectivity index is 1.75. The maximum absolute atomic E-state index is 13.4. The van der Waals surface area contributed by atoms with Crippen molar-refractivity contribution in [3.8, 4) is 0 Å². The Labute approximate surface area is 243 Å². The first-order valence-corrected chi connectivity index (χ1v) is 17.5. The van der Waals surface area contributed by atoms with Gasteiger partial charge in [-0.2, -0.15) is 13.2 Å². The molecule has 2 unspecified atom stereocenters. The van der Waals surface area contributed by atoms with Crippen LogP contribution < -0.4 is 0 Å². The van der Waals surface area contributed by atoms with E-state index in [-0.39, 0.29) is 23.2 Å². The molecule has 1 fully saturated rings. The molecule has 0 bridgehead atoms. The summed E-state index contributed by atoms with van der Waals surface area (Å²) < 4.78 is 65.9. The molecule has 0 amide bonds. The lowest BCUT2D eigenvalue weighted by Crippen LogP contribution is -2.45. The van der Waals surface area contributed by atoms with Gasteiger partial charge in [-0.3, -0.25) is 4.98 Å². The van der Waals surface area contributed by atoms with Crippen LogP contribution in [0, 0.1) is 5.41 Å². The van der Waals surface area contributed by atoms with Crippen molar-refractivity contribution >= 4 is 8.32 Å². The monoisotopic (exact) mass is 591 g/mol. The molecule has 1 saturated heterocycles. The summed E-state index contributed by atoms with van der Waals surface area (Å²) in [5, 5.41) is 0.0248. The van der Waals surface area contributed by atoms with E-state index in [0.717, 1.165) is 53.1 Å². The van der Waals surface area contributed by atoms with Crippen LogP contribution in [0.15, 0.2) is 24.3 Å². The zero-order chi connectivity index (χ0) is 30.0. The Morgan fingerprint density at radius 2 is 1.66 bits per heavy atom. The Kier molecular flexibility index (Phi) is 7.81. The van der Waals surface area contributed by atoms with Crippen molar-refractivity contribution in [2.24, 2.45) is 5.41 Å². The Bertz CT molecular complexity index is 1280. The van der Waals surface area contributed by atoms with E-state index in [2.05, 4.69) is 47.7 Å². The molecule has 9 heteroatoms. The van der Waals surface area contributed by atoms with Crippen molar-refractivity contribution in [3.05, 3.63) is 63.5 Å². The normalized spacial score (nSPS) is 23.9. The van der Waals surface area contributed by atoms with E-state index in [1.54, 1.807) is 19.2 Å². The summed E-state index contributed by atoms with van der Waals surface area (Å²) in [5.41, 5.74) is 4.34. The van der Waals surface area contributed by atoms with Crippen LogP contribution in [0.2, 0.25) is 18.1 Å². The predicted molar refractivity (Wildman–Crippen MR) is 154 cm³/mol. The number of ether oxygens (including phenoxy) is 3. The molecule has 0 radical (unpaired) electrons. The number of methoxy groups -OCH3 is 1. The molecule has 5 nitrogen and oxygen atoms in total. The Morgan fingerprint density at radius 1 is 1.02 bits per heavy atom. The SMILES string of the molecule is COCc1nc2c(c3c1C(c1ccc(C(F)(F)F)cc1)OC31CCOCC1)C(O[Si](C)(C)C(C)(C)C)CC(C)(C)C2. The van der Waals surface area contributed by atoms with E-state index in [4.69, 9.17) is 23.6 Å². The Hall–Kier alpha value is -1.78. The molecule has 1 aromatic carbocycles. The number of benzene rings is 1. The molecule has 2 aliphatic heterocycles. The van der Waals surface area contributed by atoms with E-state index in [9.17, 15) is 13.2 Å². The number of aromatic nitrogens is 1. The average Bonchev–Trinajstić information content (AvgIpc) is 3.17. The van der Waals surface area contributed by atoms with Crippen molar-refractivity contribution in [1.29, 1.82) is 0 Å². The van der Waals surface area contributed by atoms with Crippen LogP contribution in [0.5, 0.6) is 0 Å². The molecule has 3 aliphatic rings. The highest BCUT2D eigenvalue weighted by Gasteiger charge is 2.53. The summed E-state index contributed by atoms with van der Waals surface area (Å²) in [4.78, 5) is 5.24. The molecule has 2 atom stereocenters. The van der Waals surface area contributed by atoms with Gasteiger partial charge in [0.1, 0.15) is 6.10 Å². The van der Waals surface area contributed by atoms with Crippen molar-refractivity contribution in [1.82, 2.24) is 4.98 Å². The highest BCUT2D eigenvalue weighted by molar-refractivity contribution is 6.74. The third-order valence-electron chi connectivity index (χ3n) is 9.56. The van der Waals surface area contributed by atoms with Gasteiger partial charge in [0, 0.05) is 50.0 Å². The fraction of sp³-hybridized carbons (Fsp3) is 0.656. The van der Waals surface area contributed by atoms with Gasteiger partial charge in [-0.25, -0.2) is 0 Å². The van der Waals surface area contributed by atoms with Gasteiger partial charge in [0.05, 0.1) is 29.6 Å². The van der Waals surface area contributed by atoms with Crippen LogP contribution in [0.4, 0.5) is 13.2 Å². The van der Waals surface area contributed by atoms with Gasteiger partial charge in [0.2, 0.25) is 0 Å². The van der Waals surface area contributed by atoms with Crippen LogP contribution in [0.3, 0.4) is 0 Å². The van der Waals surface area contributed by atoms with Crippen LogP contribution in [-0.2, 0) is 43.4 Å². The number of alkyl halides is 3. The number of hydrogen-bond donors (Lipinski definition) is 0. The molecule has 1 aliphatic carbocycles. The standard InChI is InChI=1S/C32H44F3NO4Si/c1-29(2,3)41(7,8)40-24-18-30(4,5)17-22-25(24)27-26(23(36-22)19-37-6)28(39-31(27)13-15-38-16-14-31)20-9-11-21(12-10-20)32(33,34)35/h9-12,24,28H,13-19H2,1-8H3. The highest BCUT2D eigenvalue weighted by atomic mass is 28.4. The fourth-order valence-corrected chi connectivity index (χ4v) is 7.74. The number of nitrogens with zero attached hydrogens (tertiary/aromatic N) is 1. The molecule has 3 heterocycles. The largest absolute Gasteiger partial charge is 0.416 e. The molecule has 5 rings (SSSR count). The minimum absolute atomic E-state index is 0.0132. The third-order valence-corrected chi connectivity index (χ3v) is 14.0. The van der Waals surface area contributed by atoms with Gasteiger partial charge < -0.3 is 18.6 Å². The maximum atomic E-state index is 13.4. The molecular weight excluding hydrogens is 547 g/mol. The van der Waals surface area contributed by atoms with E-state index < -0.39 is 31.8 Å². The van der Waals surface area contributed by atoms with Gasteiger partial charge >= 0.3 is 6.18 Å². The third kappa shape index (κ3) is 5.65. The predicted octanol–water partition coefficient (Wildman–Crippen LogP) is 8.41. The summed E-state index contributed by atoms with van der Waals surface area (Å²) in [6.45, 7) is 17.3. The lowest BCUT2D eigenvalue weighted by molar-refractivity contribution is -0.137. The quantitative estimate of drug-likeness (QED) is 0.327. The fourth-order valence-electron chi connectivity index (χ4n) is 6.48. The van der Waals surface area contributed by atoms with Gasteiger partial charge in [0.25, 0.3) is 0 Å². The van der Waals surface area contributed by atoms with Gasteiger partial charge in [-0.05, 0) is 59.6 Å². The van der Waals surface area contributed by atoms with Crippen LogP contribution in [-0.4, -0.2) is 33.6 Å². The second-order valence-corrected chi connectivity index (χ2v) is 19.0. The summed E-state index contributed by atoms with van der Waals surface area (Å²) in [7, 11) is -0.529. The molecule has 1 spiro atoms. The number of hydrogen-bond acceptors (Lipinski definition) is 5. The first-order valence-electron chi connectivity index (χ1n) is 14.6. The minimum Gasteiger partial charge on any atom is -0.410 e. The number of halogens is 3. The second-order valence-electron chi connectivity index (χ2n) is 14.3. The molecule has 41 heavy (non-hydrogen) atoms. The lowest BCUT2D eigenvalue weighted by Gasteiger charge is -2.46. The van der Waals surface area contributed by atoms with E-state index in [0.29, 0.717) is 31.6 Å². The van der Waals surface area contributed by atoms with Gasteiger partial charge in [0.15, 0.2) is 8.32 Å². The zero-order valence-corrected chi connectivity index (χ0v) is 26.6. The zero-order valence-electron chi connectivity index (χ0n) is 25.6. The maximum Gasteiger partial charge on any atom is 0.416 e. The number of rotatable bonds is 5. The molecular formula is C32H44F3NO4Si. The average molecular weight is 592 g/mol. The molecule has 0 saturated carbocycles. The molecule has 0 N–H and O–H groups in total. The van der Waals surface area contributed by atoms with Crippen molar-refractivity contribution < 1.29 is 31.8 Å². The lowest BCUT2D eigenvalue weighted by atomic mass is 9.70. The first kappa shape index (κ1) is 30.7. The van der Waals surface area contributed by atoms with Gasteiger partial charge in [-0.15, -0.1) is 0 Å². The minimum atomic E-state index is -4.40. The van der Waals surface area contributed by atoms with E-state index in [1.165, 1.54) is 0 Å². The van der Waals surface area contributed by atoms with Crippen LogP contribution >= 0.6 is 0 Å². The summed E-state index contributed by atoms with van der Waals surface area (Å²) in [6, 6.07) is 5.36. The van der Waals surface area contributed by atoms with Crippen molar-refractivity contribution in [2.45, 2.75) is 109 Å². The summed E-state index contributed by atoms with van der Waals surface area (Å²) >= 11 is 0. The number of fused-ring (bicyclic) bond motifs is 4. The second kappa shape index (κ2) is 10.4. The molecule has 1 aromatic heterocycles. The Morgan fingerprint density at radius 3 is 2.22 bits per heavy atom. The van der Waals surface area contributed by atoms with Crippen LogP contribution in [0.1, 0.15) is 105 Å². The first-order chi connectivity index (χ1) is 19.0. The highest BCUT2D eigenvalue weighted by Crippen LogP contribution is 2.58. The van der Waals surface area contributed by atoms with Crippen LogP contribution in [0.25, 0.3) is 0 Å². The molecule has 226 valence electrons. The smallest absolute Gasteiger partial charge is 0.410 e. The topological polar surface area (TPSA) is 49.8 Å². The number of pyridine rings is 1. The van der Waals surface area contributed by atoms with Gasteiger partial charge in [-0.1, -0.05) is 46.8 Å². The van der Waals surface area contributed by atoms with Crippen molar-refractivity contribution in [2.75, 3.05) is 20.3 Å². The van der Waals surface area contributed by atoms with E-state index in [1.807, 2.05) is 0 Å². The van der Waals surface area contributed by atoms with Crippen molar-refractivity contribution in [3.63, 3.8) is 0 Å².